The number of para-hydroxylation sites is 1. The van der Waals surface area contributed by atoms with Gasteiger partial charge in [-0.3, -0.25) is 4.99 Å². The van der Waals surface area contributed by atoms with E-state index in [9.17, 15) is 9.50 Å². The first kappa shape index (κ1) is 17.1. The molecule has 0 spiro atoms. The Hall–Kier alpha value is -2.73. The lowest BCUT2D eigenvalue weighted by atomic mass is 10.1. The van der Waals surface area contributed by atoms with E-state index in [0.717, 1.165) is 0 Å². The summed E-state index contributed by atoms with van der Waals surface area (Å²) in [5, 5.41) is 16.2. The number of rotatable bonds is 4. The molecule has 1 aromatic heterocycles. The first-order valence-electron chi connectivity index (χ1n) is 7.88. The zero-order valence-corrected chi connectivity index (χ0v) is 14.7. The fourth-order valence-corrected chi connectivity index (χ4v) is 3.25. The molecule has 3 aromatic rings. The van der Waals surface area contributed by atoms with Crippen molar-refractivity contribution in [2.24, 2.45) is 10.1 Å². The van der Waals surface area contributed by atoms with Crippen molar-refractivity contribution in [1.29, 1.82) is 0 Å². The van der Waals surface area contributed by atoms with E-state index in [0.29, 0.717) is 21.6 Å². The Morgan fingerprint density at radius 2 is 1.84 bits per heavy atom. The van der Waals surface area contributed by atoms with Crippen molar-refractivity contribution in [3.8, 4) is 17.0 Å². The summed E-state index contributed by atoms with van der Waals surface area (Å²) in [6, 6.07) is 13.6. The molecular weight excluding hydrogens is 337 g/mol. The zero-order chi connectivity index (χ0) is 17.8. The van der Waals surface area contributed by atoms with Gasteiger partial charge < -0.3 is 5.11 Å². The van der Waals surface area contributed by atoms with Crippen LogP contribution in [0.4, 0.5) is 4.39 Å². The molecule has 0 aliphatic carbocycles. The molecule has 1 N–H and O–H groups in total. The molecule has 0 aliphatic heterocycles. The summed E-state index contributed by atoms with van der Waals surface area (Å²) in [6.07, 6.45) is 1.55. The van der Waals surface area contributed by atoms with Gasteiger partial charge in [0.05, 0.1) is 11.9 Å². The highest BCUT2D eigenvalue weighted by Gasteiger charge is 2.11. The Morgan fingerprint density at radius 1 is 1.12 bits per heavy atom. The van der Waals surface area contributed by atoms with Crippen LogP contribution in [0.2, 0.25) is 0 Å². The molecular formula is C19H18FN3OS. The molecule has 4 nitrogen and oxygen atoms in total. The van der Waals surface area contributed by atoms with Gasteiger partial charge in [0.15, 0.2) is 0 Å². The molecule has 6 heteroatoms. The predicted octanol–water partition coefficient (Wildman–Crippen LogP) is 4.25. The maximum atomic E-state index is 14.2. The summed E-state index contributed by atoms with van der Waals surface area (Å²) in [5.74, 6) is -0.181. The maximum absolute atomic E-state index is 14.2. The molecule has 1 heterocycles. The number of phenols is 1. The highest BCUT2D eigenvalue weighted by Crippen LogP contribution is 2.23. The molecule has 25 heavy (non-hydrogen) atoms. The van der Waals surface area contributed by atoms with Gasteiger partial charge in [-0.25, -0.2) is 9.07 Å². The molecule has 0 unspecified atom stereocenters. The number of halogens is 1. The van der Waals surface area contributed by atoms with E-state index < -0.39 is 0 Å². The van der Waals surface area contributed by atoms with Gasteiger partial charge in [-0.2, -0.15) is 5.10 Å². The molecule has 0 aliphatic rings. The van der Waals surface area contributed by atoms with Crippen LogP contribution in [0, 0.1) is 5.82 Å². The summed E-state index contributed by atoms with van der Waals surface area (Å²) in [4.78, 5) is 5.22. The van der Waals surface area contributed by atoms with E-state index in [1.54, 1.807) is 47.3 Å². The van der Waals surface area contributed by atoms with Gasteiger partial charge in [-0.15, -0.1) is 11.3 Å². The van der Waals surface area contributed by atoms with Crippen LogP contribution in [0.3, 0.4) is 0 Å². The number of hydrogen-bond donors (Lipinski definition) is 1. The van der Waals surface area contributed by atoms with Crippen LogP contribution < -0.4 is 4.80 Å². The Bertz CT molecular complexity index is 973. The Balaban J connectivity index is 2.15. The maximum Gasteiger partial charge on any atom is 0.206 e. The standard InChI is InChI=1S/C19H18FN3OS/c1-13(2)22-19-23(21-11-14-7-3-6-10-18(14)24)17(12-25-19)15-8-4-5-9-16(15)20/h3-13,24H,1-2H3. The third-order valence-corrected chi connectivity index (χ3v) is 4.28. The molecule has 0 saturated carbocycles. The number of nitrogens with zero attached hydrogens (tertiary/aromatic N) is 3. The van der Waals surface area contributed by atoms with Gasteiger partial charge in [-0.05, 0) is 38.1 Å². The smallest absolute Gasteiger partial charge is 0.206 e. The number of aromatic hydroxyl groups is 1. The molecule has 0 amide bonds. The predicted molar refractivity (Wildman–Crippen MR) is 99.5 cm³/mol. The average molecular weight is 355 g/mol. The summed E-state index contributed by atoms with van der Waals surface area (Å²) >= 11 is 1.40. The van der Waals surface area contributed by atoms with Crippen molar-refractivity contribution in [3.63, 3.8) is 0 Å². The number of thiazole rings is 1. The number of aromatic nitrogens is 1. The molecule has 0 saturated heterocycles. The lowest BCUT2D eigenvalue weighted by Crippen LogP contribution is -2.14. The first-order chi connectivity index (χ1) is 12.1. The Morgan fingerprint density at radius 3 is 2.56 bits per heavy atom. The van der Waals surface area contributed by atoms with Gasteiger partial charge in [0.1, 0.15) is 11.6 Å². The van der Waals surface area contributed by atoms with Gasteiger partial charge in [0, 0.05) is 22.5 Å². The van der Waals surface area contributed by atoms with Crippen molar-refractivity contribution < 1.29 is 9.50 Å². The monoisotopic (exact) mass is 355 g/mol. The van der Waals surface area contributed by atoms with Crippen molar-refractivity contribution >= 4 is 17.6 Å². The molecule has 0 bridgehead atoms. The summed E-state index contributed by atoms with van der Waals surface area (Å²) < 4.78 is 15.8. The fourth-order valence-electron chi connectivity index (χ4n) is 2.29. The van der Waals surface area contributed by atoms with Gasteiger partial charge in [-0.1, -0.05) is 24.3 Å². The second-order valence-electron chi connectivity index (χ2n) is 5.72. The van der Waals surface area contributed by atoms with E-state index in [2.05, 4.69) is 10.1 Å². The highest BCUT2D eigenvalue weighted by molar-refractivity contribution is 7.07. The molecule has 2 aromatic carbocycles. The van der Waals surface area contributed by atoms with Crippen LogP contribution >= 0.6 is 11.3 Å². The van der Waals surface area contributed by atoms with Crippen LogP contribution in [0.5, 0.6) is 5.75 Å². The Labute approximate surface area is 149 Å². The van der Waals surface area contributed by atoms with Gasteiger partial charge in [0.25, 0.3) is 0 Å². The second-order valence-corrected chi connectivity index (χ2v) is 6.56. The summed E-state index contributed by atoms with van der Waals surface area (Å²) in [6.45, 7) is 3.94. The van der Waals surface area contributed by atoms with Crippen molar-refractivity contribution in [2.75, 3.05) is 0 Å². The second kappa shape index (κ2) is 7.44. The number of phenolic OH excluding ortho intramolecular Hbond substituents is 1. The van der Waals surface area contributed by atoms with E-state index in [-0.39, 0.29) is 17.6 Å². The van der Waals surface area contributed by atoms with Crippen LogP contribution in [-0.4, -0.2) is 22.0 Å². The van der Waals surface area contributed by atoms with Crippen molar-refractivity contribution in [1.82, 2.24) is 4.68 Å². The topological polar surface area (TPSA) is 49.9 Å². The normalized spacial score (nSPS) is 12.4. The van der Waals surface area contributed by atoms with Crippen LogP contribution in [0.15, 0.2) is 64.0 Å². The Kier molecular flexibility index (Phi) is 5.09. The van der Waals surface area contributed by atoms with Crippen LogP contribution in [-0.2, 0) is 0 Å². The minimum Gasteiger partial charge on any atom is -0.507 e. The first-order valence-corrected chi connectivity index (χ1v) is 8.76. The van der Waals surface area contributed by atoms with Crippen LogP contribution in [0.25, 0.3) is 11.3 Å². The lowest BCUT2D eigenvalue weighted by Gasteiger charge is -2.05. The number of hydrogen-bond acceptors (Lipinski definition) is 4. The van der Waals surface area contributed by atoms with E-state index in [1.165, 1.54) is 17.4 Å². The highest BCUT2D eigenvalue weighted by atomic mass is 32.1. The molecule has 0 atom stereocenters. The van der Waals surface area contributed by atoms with Crippen molar-refractivity contribution in [3.05, 3.63) is 70.1 Å². The molecule has 128 valence electrons. The van der Waals surface area contributed by atoms with E-state index in [1.807, 2.05) is 25.3 Å². The minimum absolute atomic E-state index is 0.0821. The molecule has 0 radical (unpaired) electrons. The van der Waals surface area contributed by atoms with E-state index >= 15 is 0 Å². The van der Waals surface area contributed by atoms with E-state index in [4.69, 9.17) is 0 Å². The summed E-state index contributed by atoms with van der Waals surface area (Å²) in [7, 11) is 0. The van der Waals surface area contributed by atoms with Gasteiger partial charge >= 0.3 is 0 Å². The lowest BCUT2D eigenvalue weighted by molar-refractivity contribution is 0.474. The van der Waals surface area contributed by atoms with Crippen LogP contribution in [0.1, 0.15) is 19.4 Å². The summed E-state index contributed by atoms with van der Waals surface area (Å²) in [5.41, 5.74) is 1.66. The average Bonchev–Trinajstić information content (AvgIpc) is 2.96. The number of benzene rings is 2. The molecule has 3 rings (SSSR count). The quantitative estimate of drug-likeness (QED) is 0.699. The van der Waals surface area contributed by atoms with Gasteiger partial charge in [0.2, 0.25) is 4.80 Å². The third kappa shape index (κ3) is 3.85. The zero-order valence-electron chi connectivity index (χ0n) is 13.9. The SMILES string of the molecule is CC(C)N=c1scc(-c2ccccc2F)n1N=Cc1ccccc1O. The molecule has 0 fully saturated rings. The largest absolute Gasteiger partial charge is 0.507 e. The third-order valence-electron chi connectivity index (χ3n) is 3.45. The minimum atomic E-state index is -0.317. The van der Waals surface area contributed by atoms with Crippen molar-refractivity contribution in [2.45, 2.75) is 19.9 Å². The fraction of sp³-hybridized carbons (Fsp3) is 0.158.